The second-order valence-corrected chi connectivity index (χ2v) is 8.02. The number of rotatable bonds is 12. The van der Waals surface area contributed by atoms with E-state index in [1.165, 1.54) is 57.4 Å². The van der Waals surface area contributed by atoms with Crippen LogP contribution in [0, 0.1) is 0 Å². The van der Waals surface area contributed by atoms with Gasteiger partial charge in [-0.2, -0.15) is 8.42 Å². The molecule has 1 aromatic carbocycles. The summed E-state index contributed by atoms with van der Waals surface area (Å²) < 4.78 is 36.3. The van der Waals surface area contributed by atoms with Crippen LogP contribution < -0.4 is 0 Å². The minimum absolute atomic E-state index is 0. The number of ether oxygens (including phenoxy) is 1. The van der Waals surface area contributed by atoms with Crippen LogP contribution in [0.4, 0.5) is 0 Å². The van der Waals surface area contributed by atoms with Gasteiger partial charge in [0.1, 0.15) is 0 Å². The molecule has 2 rings (SSSR count). The fourth-order valence-electron chi connectivity index (χ4n) is 2.76. The first kappa shape index (κ1) is 26.3. The van der Waals surface area contributed by atoms with E-state index in [4.69, 9.17) is 0 Å². The fourth-order valence-corrected chi connectivity index (χ4v) is 3.52. The zero-order chi connectivity index (χ0) is 18.4. The number of unbranched alkanes of at least 4 members (excludes halogenated alkanes) is 9. The molecule has 0 bridgehead atoms. The first-order chi connectivity index (χ1) is 12.1. The number of aryl methyl sites for hydroxylation is 1. The predicted octanol–water partition coefficient (Wildman–Crippen LogP) is 4.50. The predicted molar refractivity (Wildman–Crippen MR) is 111 cm³/mol. The molecule has 0 amide bonds. The number of benzene rings is 1. The van der Waals surface area contributed by atoms with Gasteiger partial charge in [-0.25, -0.2) is 0 Å². The Kier molecular flexibility index (Phi) is 16.5. The van der Waals surface area contributed by atoms with E-state index >= 15 is 0 Å². The molecule has 0 unspecified atom stereocenters. The van der Waals surface area contributed by atoms with Gasteiger partial charge in [-0.3, -0.25) is 4.55 Å². The third-order valence-electron chi connectivity index (χ3n) is 4.25. The average Bonchev–Trinajstić information content (AvgIpc) is 3.45. The maximum absolute atomic E-state index is 11.3. The summed E-state index contributed by atoms with van der Waals surface area (Å²) in [5.41, 5.74) is 0.726. The second-order valence-electron chi connectivity index (χ2n) is 6.63. The van der Waals surface area contributed by atoms with Gasteiger partial charge in [-0.05, 0) is 24.5 Å². The molecule has 0 atom stereocenters. The Morgan fingerprint density at radius 2 is 1.35 bits per heavy atom. The number of epoxide rings is 1. The first-order valence-electron chi connectivity index (χ1n) is 9.69. The van der Waals surface area contributed by atoms with Crippen LogP contribution in [0.1, 0.15) is 76.7 Å². The van der Waals surface area contributed by atoms with Crippen molar-refractivity contribution in [2.75, 3.05) is 13.2 Å². The van der Waals surface area contributed by atoms with Crippen LogP contribution in [0.2, 0.25) is 0 Å². The normalized spacial score (nSPS) is 12.7. The van der Waals surface area contributed by atoms with Crippen molar-refractivity contribution in [3.63, 3.8) is 0 Å². The molecule has 1 N–H and O–H groups in total. The summed E-state index contributed by atoms with van der Waals surface area (Å²) in [7, 11) is -4.10. The quantitative estimate of drug-likeness (QED) is 0.238. The standard InChI is InChI=1S/C18H30O3S.C2H4O.Ca.2H/c1-2-3-4-5-6-7-8-9-10-11-14-17-15-12-13-16-18(17)22(19,20)21;1-2-3-1;;;/h12-13,15-16H,2-11,14H2,1H3,(H,19,20,21);1-2H2;;;. The molecule has 0 radical (unpaired) electrons. The van der Waals surface area contributed by atoms with Crippen LogP contribution in [-0.4, -0.2) is 63.9 Å². The molecule has 1 aromatic rings. The molecule has 1 heterocycles. The van der Waals surface area contributed by atoms with E-state index in [9.17, 15) is 13.0 Å². The molecule has 1 aliphatic rings. The van der Waals surface area contributed by atoms with Crippen molar-refractivity contribution in [3.8, 4) is 0 Å². The molecule has 1 aliphatic heterocycles. The van der Waals surface area contributed by atoms with Gasteiger partial charge in [0.25, 0.3) is 10.1 Å². The minimum atomic E-state index is -4.10. The molecular weight excluding hydrogens is 376 g/mol. The molecule has 1 saturated heterocycles. The van der Waals surface area contributed by atoms with E-state index in [0.29, 0.717) is 6.42 Å². The van der Waals surface area contributed by atoms with Crippen molar-refractivity contribution in [2.45, 2.75) is 82.4 Å². The Morgan fingerprint density at radius 1 is 0.885 bits per heavy atom. The topological polar surface area (TPSA) is 66.9 Å². The molecule has 148 valence electrons. The number of hydrogen-bond donors (Lipinski definition) is 1. The fraction of sp³-hybridized carbons (Fsp3) is 0.700. The van der Waals surface area contributed by atoms with Gasteiger partial charge in [0.05, 0.1) is 18.1 Å². The van der Waals surface area contributed by atoms with Crippen molar-refractivity contribution in [1.82, 2.24) is 0 Å². The molecule has 4 nitrogen and oxygen atoms in total. The molecule has 0 aromatic heterocycles. The maximum atomic E-state index is 11.3. The molecule has 1 fully saturated rings. The first-order valence-corrected chi connectivity index (χ1v) is 11.1. The summed E-state index contributed by atoms with van der Waals surface area (Å²) >= 11 is 0. The van der Waals surface area contributed by atoms with Crippen LogP contribution in [0.3, 0.4) is 0 Å². The summed E-state index contributed by atoms with van der Waals surface area (Å²) in [6.07, 6.45) is 13.3. The second kappa shape index (κ2) is 16.3. The molecule has 0 spiro atoms. The molecule has 6 heteroatoms. The van der Waals surface area contributed by atoms with Crippen LogP contribution in [0.25, 0.3) is 0 Å². The molecule has 26 heavy (non-hydrogen) atoms. The van der Waals surface area contributed by atoms with Crippen LogP contribution in [0.5, 0.6) is 0 Å². The Labute approximate surface area is 189 Å². The van der Waals surface area contributed by atoms with Gasteiger partial charge in [0, 0.05) is 0 Å². The number of hydrogen-bond acceptors (Lipinski definition) is 3. The van der Waals surface area contributed by atoms with E-state index in [0.717, 1.165) is 31.6 Å². The van der Waals surface area contributed by atoms with Crippen molar-refractivity contribution >= 4 is 47.9 Å². The third kappa shape index (κ3) is 14.4. The average molecular weight is 413 g/mol. The Morgan fingerprint density at radius 3 is 1.81 bits per heavy atom. The van der Waals surface area contributed by atoms with Gasteiger partial charge in [0.2, 0.25) is 0 Å². The zero-order valence-corrected chi connectivity index (χ0v) is 16.4. The van der Waals surface area contributed by atoms with E-state index in [-0.39, 0.29) is 42.6 Å². The van der Waals surface area contributed by atoms with Crippen molar-refractivity contribution < 1.29 is 17.7 Å². The molecular formula is C20H36CaO4S. The van der Waals surface area contributed by atoms with Crippen LogP contribution in [-0.2, 0) is 21.3 Å². The van der Waals surface area contributed by atoms with E-state index < -0.39 is 10.1 Å². The van der Waals surface area contributed by atoms with Gasteiger partial charge >= 0.3 is 37.7 Å². The Bertz CT molecular complexity index is 556. The van der Waals surface area contributed by atoms with E-state index in [1.54, 1.807) is 12.1 Å². The zero-order valence-electron chi connectivity index (χ0n) is 15.6. The van der Waals surface area contributed by atoms with E-state index in [1.807, 2.05) is 6.07 Å². The van der Waals surface area contributed by atoms with Crippen molar-refractivity contribution in [3.05, 3.63) is 29.8 Å². The van der Waals surface area contributed by atoms with Gasteiger partial charge < -0.3 is 4.74 Å². The molecule has 0 saturated carbocycles. The summed E-state index contributed by atoms with van der Waals surface area (Å²) in [5.74, 6) is 0. The summed E-state index contributed by atoms with van der Waals surface area (Å²) in [4.78, 5) is 0.0610. The SMILES string of the molecule is C1CO1.CCCCCCCCCCCCc1ccccc1S(=O)(=O)O.[CaH2]. The summed E-state index contributed by atoms with van der Waals surface area (Å²) in [6.45, 7) is 4.24. The van der Waals surface area contributed by atoms with Gasteiger partial charge in [-0.1, -0.05) is 82.9 Å². The van der Waals surface area contributed by atoms with Crippen molar-refractivity contribution in [2.24, 2.45) is 0 Å². The van der Waals surface area contributed by atoms with Crippen LogP contribution >= 0.6 is 0 Å². The van der Waals surface area contributed by atoms with Crippen molar-refractivity contribution in [1.29, 1.82) is 0 Å². The summed E-state index contributed by atoms with van der Waals surface area (Å²) in [5, 5.41) is 0. The Hall–Kier alpha value is 0.350. The van der Waals surface area contributed by atoms with Gasteiger partial charge in [0.15, 0.2) is 0 Å². The van der Waals surface area contributed by atoms with Gasteiger partial charge in [-0.15, -0.1) is 0 Å². The monoisotopic (exact) mass is 412 g/mol. The van der Waals surface area contributed by atoms with E-state index in [2.05, 4.69) is 11.7 Å². The molecule has 0 aliphatic carbocycles. The summed E-state index contributed by atoms with van der Waals surface area (Å²) in [6, 6.07) is 6.73. The van der Waals surface area contributed by atoms with Crippen LogP contribution in [0.15, 0.2) is 29.2 Å². The third-order valence-corrected chi connectivity index (χ3v) is 5.21. The Balaban J connectivity index is 0.00000141.